The third kappa shape index (κ3) is 4.41. The highest BCUT2D eigenvalue weighted by atomic mass is 16.5. The Morgan fingerprint density at radius 2 is 1.65 bits per heavy atom. The van der Waals surface area contributed by atoms with E-state index in [9.17, 15) is 9.59 Å². The number of carbonyl (C=O) groups is 2. The van der Waals surface area contributed by atoms with Crippen molar-refractivity contribution in [3.8, 4) is 17.2 Å². The predicted molar refractivity (Wildman–Crippen MR) is 93.3 cm³/mol. The number of pyridine rings is 1. The van der Waals surface area contributed by atoms with Crippen LogP contribution in [0.5, 0.6) is 17.2 Å². The zero-order valence-electron chi connectivity index (χ0n) is 14.7. The monoisotopic (exact) mass is 360 g/mol. The van der Waals surface area contributed by atoms with Gasteiger partial charge in [0.25, 0.3) is 5.91 Å². The second kappa shape index (κ2) is 8.70. The van der Waals surface area contributed by atoms with Crippen molar-refractivity contribution in [3.63, 3.8) is 0 Å². The summed E-state index contributed by atoms with van der Waals surface area (Å²) in [5.74, 6) is 0.121. The third-order valence-electron chi connectivity index (χ3n) is 3.68. The van der Waals surface area contributed by atoms with Gasteiger partial charge in [-0.15, -0.1) is 0 Å². The molecule has 8 nitrogen and oxygen atoms in total. The van der Waals surface area contributed by atoms with Crippen LogP contribution < -0.4 is 19.5 Å². The van der Waals surface area contributed by atoms with E-state index >= 15 is 0 Å². The van der Waals surface area contributed by atoms with Crippen molar-refractivity contribution in [2.45, 2.75) is 6.42 Å². The van der Waals surface area contributed by atoms with Gasteiger partial charge in [0.2, 0.25) is 0 Å². The fourth-order valence-electron chi connectivity index (χ4n) is 2.40. The first-order valence-corrected chi connectivity index (χ1v) is 7.77. The number of hydrogen-bond donors (Lipinski definition) is 2. The number of carbonyl (C=O) groups excluding carboxylic acids is 1. The van der Waals surface area contributed by atoms with Gasteiger partial charge in [0, 0.05) is 24.2 Å². The van der Waals surface area contributed by atoms with E-state index in [2.05, 4.69) is 10.3 Å². The lowest BCUT2D eigenvalue weighted by atomic mass is 10.1. The highest BCUT2D eigenvalue weighted by Crippen LogP contribution is 2.34. The maximum atomic E-state index is 12.2. The van der Waals surface area contributed by atoms with E-state index in [-0.39, 0.29) is 17.9 Å². The summed E-state index contributed by atoms with van der Waals surface area (Å²) in [5.41, 5.74) is 0.637. The average Bonchev–Trinajstić information content (AvgIpc) is 2.67. The Morgan fingerprint density at radius 3 is 2.19 bits per heavy atom. The van der Waals surface area contributed by atoms with Crippen LogP contribution in [0, 0.1) is 0 Å². The number of carboxylic acid groups (broad SMARTS) is 1. The quantitative estimate of drug-likeness (QED) is 0.739. The van der Waals surface area contributed by atoms with Gasteiger partial charge in [-0.25, -0.2) is 9.78 Å². The van der Waals surface area contributed by atoms with Gasteiger partial charge in [-0.1, -0.05) is 6.07 Å². The van der Waals surface area contributed by atoms with Crippen molar-refractivity contribution in [2.75, 3.05) is 27.9 Å². The Balaban J connectivity index is 2.08. The molecule has 1 aromatic carbocycles. The summed E-state index contributed by atoms with van der Waals surface area (Å²) >= 11 is 0. The van der Waals surface area contributed by atoms with Crippen LogP contribution >= 0.6 is 0 Å². The standard InChI is InChI=1S/C18H20N2O6/c1-24-11-9-15(25-2)12(16(10-11)26-3)7-8-19-17(21)13-5-4-6-14(20-13)18(22)23/h4-6,9-10H,7-8H2,1-3H3,(H,19,21)(H,22,23). The third-order valence-corrected chi connectivity index (χ3v) is 3.68. The second-order valence-corrected chi connectivity index (χ2v) is 5.23. The minimum absolute atomic E-state index is 0.0403. The van der Waals surface area contributed by atoms with E-state index in [0.29, 0.717) is 23.7 Å². The molecule has 1 amide bonds. The van der Waals surface area contributed by atoms with Crippen LogP contribution in [0.4, 0.5) is 0 Å². The van der Waals surface area contributed by atoms with Gasteiger partial charge >= 0.3 is 5.97 Å². The molecule has 138 valence electrons. The van der Waals surface area contributed by atoms with E-state index in [1.165, 1.54) is 32.4 Å². The summed E-state index contributed by atoms with van der Waals surface area (Å²) in [5, 5.41) is 11.6. The highest BCUT2D eigenvalue weighted by Gasteiger charge is 2.15. The Labute approximate surface area is 150 Å². The summed E-state index contributed by atoms with van der Waals surface area (Å²) in [6.07, 6.45) is 0.445. The maximum absolute atomic E-state index is 12.2. The van der Waals surface area contributed by atoms with E-state index in [0.717, 1.165) is 5.56 Å². The first-order valence-electron chi connectivity index (χ1n) is 7.77. The molecule has 0 aliphatic heterocycles. The fourth-order valence-corrected chi connectivity index (χ4v) is 2.40. The topological polar surface area (TPSA) is 107 Å². The number of amides is 1. The van der Waals surface area contributed by atoms with Crippen LogP contribution in [-0.4, -0.2) is 49.8 Å². The first-order chi connectivity index (χ1) is 12.5. The molecular weight excluding hydrogens is 340 g/mol. The second-order valence-electron chi connectivity index (χ2n) is 5.23. The minimum atomic E-state index is -1.19. The van der Waals surface area contributed by atoms with Crippen molar-refractivity contribution < 1.29 is 28.9 Å². The number of rotatable bonds is 8. The molecule has 1 heterocycles. The lowest BCUT2D eigenvalue weighted by molar-refractivity contribution is 0.0690. The van der Waals surface area contributed by atoms with Crippen molar-refractivity contribution in [2.24, 2.45) is 0 Å². The van der Waals surface area contributed by atoms with E-state index < -0.39 is 11.9 Å². The molecule has 26 heavy (non-hydrogen) atoms. The van der Waals surface area contributed by atoms with Crippen LogP contribution in [0.25, 0.3) is 0 Å². The molecule has 0 atom stereocenters. The zero-order chi connectivity index (χ0) is 19.1. The van der Waals surface area contributed by atoms with Gasteiger partial charge in [0.05, 0.1) is 21.3 Å². The number of hydrogen-bond acceptors (Lipinski definition) is 6. The molecule has 8 heteroatoms. The van der Waals surface area contributed by atoms with Crippen LogP contribution in [0.15, 0.2) is 30.3 Å². The fraction of sp³-hybridized carbons (Fsp3) is 0.278. The van der Waals surface area contributed by atoms with E-state index in [1.807, 2.05) is 0 Å². The Morgan fingerprint density at radius 1 is 1.04 bits per heavy atom. The van der Waals surface area contributed by atoms with Crippen LogP contribution in [0.1, 0.15) is 26.5 Å². The molecule has 0 aliphatic carbocycles. The number of aromatic carboxylic acids is 1. The summed E-state index contributed by atoms with van der Waals surface area (Å²) in [7, 11) is 4.63. The molecule has 0 saturated carbocycles. The SMILES string of the molecule is COc1cc(OC)c(CCNC(=O)c2cccc(C(=O)O)n2)c(OC)c1. The average molecular weight is 360 g/mol. The molecular formula is C18H20N2O6. The predicted octanol–water partition coefficient (Wildman–Crippen LogP) is 1.78. The lowest BCUT2D eigenvalue weighted by Crippen LogP contribution is -2.27. The van der Waals surface area contributed by atoms with E-state index in [4.69, 9.17) is 19.3 Å². The number of methoxy groups -OCH3 is 3. The molecule has 1 aromatic heterocycles. The smallest absolute Gasteiger partial charge is 0.354 e. The number of ether oxygens (including phenoxy) is 3. The first kappa shape index (κ1) is 19.0. The van der Waals surface area contributed by atoms with E-state index in [1.54, 1.807) is 19.2 Å². The summed E-state index contributed by atoms with van der Waals surface area (Å²) in [4.78, 5) is 26.9. The molecule has 0 unspecified atom stereocenters. The molecule has 0 aliphatic rings. The number of carboxylic acids is 1. The van der Waals surface area contributed by atoms with Crippen LogP contribution in [0.3, 0.4) is 0 Å². The minimum Gasteiger partial charge on any atom is -0.496 e. The number of nitrogens with one attached hydrogen (secondary N) is 1. The molecule has 0 bridgehead atoms. The van der Waals surface area contributed by atoms with Crippen molar-refractivity contribution >= 4 is 11.9 Å². The summed E-state index contributed by atoms with van der Waals surface area (Å²) < 4.78 is 15.9. The van der Waals surface area contributed by atoms with Gasteiger partial charge in [0.1, 0.15) is 28.6 Å². The van der Waals surface area contributed by atoms with Gasteiger partial charge < -0.3 is 24.6 Å². The zero-order valence-corrected chi connectivity index (χ0v) is 14.7. The number of nitrogens with zero attached hydrogens (tertiary/aromatic N) is 1. The van der Waals surface area contributed by atoms with Crippen molar-refractivity contribution in [1.29, 1.82) is 0 Å². The Kier molecular flexibility index (Phi) is 6.37. The number of aromatic nitrogens is 1. The van der Waals surface area contributed by atoms with Crippen LogP contribution in [-0.2, 0) is 6.42 Å². The van der Waals surface area contributed by atoms with Gasteiger partial charge in [-0.3, -0.25) is 4.79 Å². The Bertz CT molecular complexity index is 781. The molecule has 0 saturated heterocycles. The molecule has 0 radical (unpaired) electrons. The molecule has 2 N–H and O–H groups in total. The molecule has 0 fully saturated rings. The Hall–Kier alpha value is -3.29. The van der Waals surface area contributed by atoms with Gasteiger partial charge in [0.15, 0.2) is 0 Å². The normalized spacial score (nSPS) is 10.1. The van der Waals surface area contributed by atoms with Crippen LogP contribution in [0.2, 0.25) is 0 Å². The lowest BCUT2D eigenvalue weighted by Gasteiger charge is -2.15. The summed E-state index contributed by atoms with van der Waals surface area (Å²) in [6.45, 7) is 0.289. The molecule has 0 spiro atoms. The summed E-state index contributed by atoms with van der Waals surface area (Å²) in [6, 6.07) is 7.72. The number of benzene rings is 1. The highest BCUT2D eigenvalue weighted by molar-refractivity contribution is 5.94. The molecule has 2 rings (SSSR count). The van der Waals surface area contributed by atoms with Crippen molar-refractivity contribution in [1.82, 2.24) is 10.3 Å². The van der Waals surface area contributed by atoms with Crippen molar-refractivity contribution in [3.05, 3.63) is 47.3 Å². The molecule has 2 aromatic rings. The van der Waals surface area contributed by atoms with Gasteiger partial charge in [-0.2, -0.15) is 0 Å². The largest absolute Gasteiger partial charge is 0.496 e. The van der Waals surface area contributed by atoms with Gasteiger partial charge in [-0.05, 0) is 18.6 Å². The maximum Gasteiger partial charge on any atom is 0.354 e.